The fraction of sp³-hybridized carbons (Fsp3) is 0.250. The van der Waals surface area contributed by atoms with Crippen LogP contribution in [0.4, 0.5) is 0 Å². The number of ether oxygens (including phenoxy) is 1. The lowest BCUT2D eigenvalue weighted by atomic mass is 10.1. The number of aromatic nitrogens is 2. The van der Waals surface area contributed by atoms with E-state index >= 15 is 0 Å². The first-order valence-electron chi connectivity index (χ1n) is 8.44. The number of para-hydroxylation sites is 1. The van der Waals surface area contributed by atoms with E-state index in [0.717, 1.165) is 16.7 Å². The van der Waals surface area contributed by atoms with Crippen LogP contribution in [0.25, 0.3) is 11.5 Å². The number of nitrogens with one attached hydrogen (secondary N) is 1. The van der Waals surface area contributed by atoms with Gasteiger partial charge >= 0.3 is 0 Å². The van der Waals surface area contributed by atoms with Crippen molar-refractivity contribution < 1.29 is 13.9 Å². The number of amides is 1. The molecule has 134 valence electrons. The molecule has 26 heavy (non-hydrogen) atoms. The zero-order valence-corrected chi connectivity index (χ0v) is 14.9. The molecule has 0 saturated heterocycles. The highest BCUT2D eigenvalue weighted by Crippen LogP contribution is 2.28. The Labute approximate surface area is 152 Å². The Bertz CT molecular complexity index is 889. The van der Waals surface area contributed by atoms with Crippen molar-refractivity contribution >= 4 is 5.91 Å². The van der Waals surface area contributed by atoms with E-state index in [-0.39, 0.29) is 5.91 Å². The SMILES string of the molecule is COc1ccccc1-c1nnc(CCC(=O)NCc2ccccc2C)o1. The molecular weight excluding hydrogens is 330 g/mol. The second-order valence-corrected chi connectivity index (χ2v) is 5.90. The zero-order valence-electron chi connectivity index (χ0n) is 14.9. The molecule has 0 atom stereocenters. The van der Waals surface area contributed by atoms with Crippen LogP contribution in [0.15, 0.2) is 52.9 Å². The molecule has 2 aromatic carbocycles. The number of aryl methyl sites for hydroxylation is 2. The van der Waals surface area contributed by atoms with Crippen molar-refractivity contribution in [3.63, 3.8) is 0 Å². The summed E-state index contributed by atoms with van der Waals surface area (Å²) in [4.78, 5) is 12.1. The van der Waals surface area contributed by atoms with Crippen molar-refractivity contribution in [1.29, 1.82) is 0 Å². The predicted molar refractivity (Wildman–Crippen MR) is 97.6 cm³/mol. The summed E-state index contributed by atoms with van der Waals surface area (Å²) in [5, 5.41) is 11.0. The summed E-state index contributed by atoms with van der Waals surface area (Å²) < 4.78 is 11.0. The van der Waals surface area contributed by atoms with Crippen LogP contribution < -0.4 is 10.1 Å². The highest BCUT2D eigenvalue weighted by atomic mass is 16.5. The standard InChI is InChI=1S/C20H21N3O3/c1-14-7-3-4-8-15(14)13-21-18(24)11-12-19-22-23-20(26-19)16-9-5-6-10-17(16)25-2/h3-10H,11-13H2,1-2H3,(H,21,24). The van der Waals surface area contributed by atoms with E-state index in [0.29, 0.717) is 36.9 Å². The quantitative estimate of drug-likeness (QED) is 0.707. The van der Waals surface area contributed by atoms with Crippen LogP contribution in [0.1, 0.15) is 23.4 Å². The van der Waals surface area contributed by atoms with Gasteiger partial charge in [0.15, 0.2) is 0 Å². The number of carbonyl (C=O) groups excluding carboxylic acids is 1. The fourth-order valence-electron chi connectivity index (χ4n) is 2.60. The van der Waals surface area contributed by atoms with Gasteiger partial charge in [-0.3, -0.25) is 4.79 Å². The topological polar surface area (TPSA) is 77.2 Å². The highest BCUT2D eigenvalue weighted by Gasteiger charge is 2.14. The Balaban J connectivity index is 1.55. The van der Waals surface area contributed by atoms with E-state index in [9.17, 15) is 4.79 Å². The first-order chi connectivity index (χ1) is 12.7. The number of carbonyl (C=O) groups is 1. The molecule has 3 aromatic rings. The largest absolute Gasteiger partial charge is 0.496 e. The number of nitrogens with zero attached hydrogens (tertiary/aromatic N) is 2. The summed E-state index contributed by atoms with van der Waals surface area (Å²) in [7, 11) is 1.59. The van der Waals surface area contributed by atoms with Crippen molar-refractivity contribution in [2.75, 3.05) is 7.11 Å². The van der Waals surface area contributed by atoms with Gasteiger partial charge in [-0.25, -0.2) is 0 Å². The lowest BCUT2D eigenvalue weighted by Crippen LogP contribution is -2.23. The van der Waals surface area contributed by atoms with E-state index < -0.39 is 0 Å². The number of methoxy groups -OCH3 is 1. The smallest absolute Gasteiger partial charge is 0.251 e. The van der Waals surface area contributed by atoms with Gasteiger partial charge in [-0.15, -0.1) is 10.2 Å². The summed E-state index contributed by atoms with van der Waals surface area (Å²) in [5.74, 6) is 1.43. The second-order valence-electron chi connectivity index (χ2n) is 5.90. The minimum Gasteiger partial charge on any atom is -0.496 e. The maximum Gasteiger partial charge on any atom is 0.251 e. The van der Waals surface area contributed by atoms with Crippen LogP contribution >= 0.6 is 0 Å². The minimum atomic E-state index is -0.0507. The van der Waals surface area contributed by atoms with E-state index in [1.165, 1.54) is 0 Å². The summed E-state index contributed by atoms with van der Waals surface area (Å²) in [6.07, 6.45) is 0.682. The molecule has 6 heteroatoms. The summed E-state index contributed by atoms with van der Waals surface area (Å²) >= 11 is 0. The van der Waals surface area contributed by atoms with Crippen LogP contribution in [0.2, 0.25) is 0 Å². The predicted octanol–water partition coefficient (Wildman–Crippen LogP) is 3.30. The lowest BCUT2D eigenvalue weighted by molar-refractivity contribution is -0.121. The number of benzene rings is 2. The van der Waals surface area contributed by atoms with Crippen LogP contribution in [-0.2, 0) is 17.8 Å². The van der Waals surface area contributed by atoms with Gasteiger partial charge in [0.2, 0.25) is 11.8 Å². The summed E-state index contributed by atoms with van der Waals surface area (Å²) in [6.45, 7) is 2.54. The Kier molecular flexibility index (Phi) is 5.63. The Morgan fingerprint density at radius 1 is 1.12 bits per heavy atom. The Morgan fingerprint density at radius 3 is 2.69 bits per heavy atom. The van der Waals surface area contributed by atoms with Crippen molar-refractivity contribution in [2.45, 2.75) is 26.3 Å². The minimum absolute atomic E-state index is 0.0507. The molecule has 0 radical (unpaired) electrons. The molecule has 0 bridgehead atoms. The average molecular weight is 351 g/mol. The molecule has 0 aliphatic heterocycles. The van der Waals surface area contributed by atoms with Crippen molar-refractivity contribution in [2.24, 2.45) is 0 Å². The number of hydrogen-bond donors (Lipinski definition) is 1. The third-order valence-corrected chi connectivity index (χ3v) is 4.11. The molecule has 0 unspecified atom stereocenters. The van der Waals surface area contributed by atoms with Gasteiger partial charge in [0.1, 0.15) is 5.75 Å². The normalized spacial score (nSPS) is 10.5. The number of hydrogen-bond acceptors (Lipinski definition) is 5. The maximum atomic E-state index is 12.1. The molecule has 6 nitrogen and oxygen atoms in total. The molecular formula is C20H21N3O3. The molecule has 3 rings (SSSR count). The summed E-state index contributed by atoms with van der Waals surface area (Å²) in [5.41, 5.74) is 3.00. The van der Waals surface area contributed by atoms with Crippen LogP contribution in [0.3, 0.4) is 0 Å². The maximum absolute atomic E-state index is 12.1. The molecule has 1 heterocycles. The van der Waals surface area contributed by atoms with Crippen LogP contribution in [0, 0.1) is 6.92 Å². The van der Waals surface area contributed by atoms with E-state index in [1.54, 1.807) is 7.11 Å². The van der Waals surface area contributed by atoms with Crippen molar-refractivity contribution in [3.05, 3.63) is 65.5 Å². The molecule has 1 aromatic heterocycles. The monoisotopic (exact) mass is 351 g/mol. The fourth-order valence-corrected chi connectivity index (χ4v) is 2.60. The third-order valence-electron chi connectivity index (χ3n) is 4.11. The molecule has 0 fully saturated rings. The van der Waals surface area contributed by atoms with Gasteiger partial charge < -0.3 is 14.5 Å². The van der Waals surface area contributed by atoms with Gasteiger partial charge in [-0.2, -0.15) is 0 Å². The summed E-state index contributed by atoms with van der Waals surface area (Å²) in [6, 6.07) is 15.4. The van der Waals surface area contributed by atoms with Crippen molar-refractivity contribution in [3.8, 4) is 17.2 Å². The number of rotatable bonds is 7. The van der Waals surface area contributed by atoms with Gasteiger partial charge in [-0.05, 0) is 30.2 Å². The lowest BCUT2D eigenvalue weighted by Gasteiger charge is -2.07. The van der Waals surface area contributed by atoms with Gasteiger partial charge in [0, 0.05) is 19.4 Å². The zero-order chi connectivity index (χ0) is 18.4. The van der Waals surface area contributed by atoms with Crippen molar-refractivity contribution in [1.82, 2.24) is 15.5 Å². The molecule has 0 aliphatic rings. The molecule has 1 N–H and O–H groups in total. The Morgan fingerprint density at radius 2 is 1.88 bits per heavy atom. The average Bonchev–Trinajstić information content (AvgIpc) is 3.14. The first kappa shape index (κ1) is 17.7. The van der Waals surface area contributed by atoms with E-state index in [1.807, 2.05) is 55.5 Å². The Hall–Kier alpha value is -3.15. The molecule has 0 aliphatic carbocycles. The third kappa shape index (κ3) is 4.27. The van der Waals surface area contributed by atoms with E-state index in [4.69, 9.17) is 9.15 Å². The second kappa shape index (κ2) is 8.29. The molecule has 0 spiro atoms. The van der Waals surface area contributed by atoms with Crippen LogP contribution in [0.5, 0.6) is 5.75 Å². The van der Waals surface area contributed by atoms with Gasteiger partial charge in [-0.1, -0.05) is 36.4 Å². The molecule has 1 amide bonds. The van der Waals surface area contributed by atoms with Crippen LogP contribution in [-0.4, -0.2) is 23.2 Å². The highest BCUT2D eigenvalue weighted by molar-refractivity contribution is 5.76. The van der Waals surface area contributed by atoms with E-state index in [2.05, 4.69) is 15.5 Å². The van der Waals surface area contributed by atoms with Gasteiger partial charge in [0.05, 0.1) is 12.7 Å². The molecule has 0 saturated carbocycles. The first-order valence-corrected chi connectivity index (χ1v) is 8.44. The van der Waals surface area contributed by atoms with Gasteiger partial charge in [0.25, 0.3) is 5.89 Å².